The number of nitrogens with one attached hydrogen (secondary N) is 1. The normalized spacial score (nSPS) is 14.5. The lowest BCUT2D eigenvalue weighted by molar-refractivity contribution is -0.870. The van der Waals surface area contributed by atoms with Gasteiger partial charge in [-0.1, -0.05) is 227 Å². The van der Waals surface area contributed by atoms with E-state index in [9.17, 15) is 19.0 Å². The fraction of sp³-hybridized carbons (Fsp3) is 0.692. The molecule has 0 spiro atoms. The summed E-state index contributed by atoms with van der Waals surface area (Å²) in [6.45, 7) is 6.74. The number of likely N-dealkylation sites (N-methyl/N-ethyl adjacent to an activating group) is 1. The molecule has 3 atom stereocenters. The van der Waals surface area contributed by atoms with Gasteiger partial charge in [0, 0.05) is 12.8 Å². The van der Waals surface area contributed by atoms with E-state index in [-0.39, 0.29) is 31.5 Å². The first-order chi connectivity index (χ1) is 36.4. The number of nitrogens with zero attached hydrogens (tertiary/aromatic N) is 1. The van der Waals surface area contributed by atoms with Gasteiger partial charge in [0.2, 0.25) is 5.91 Å². The molecule has 0 aromatic carbocycles. The summed E-state index contributed by atoms with van der Waals surface area (Å²) in [5.74, 6) is -0.551. The quantitative estimate of drug-likeness (QED) is 0.0205. The highest BCUT2D eigenvalue weighted by atomic mass is 31.2. The van der Waals surface area contributed by atoms with Gasteiger partial charge in [0.1, 0.15) is 19.3 Å². The third-order valence-electron chi connectivity index (χ3n) is 12.7. The minimum atomic E-state index is -4.46. The number of hydrogen-bond donors (Lipinski definition) is 2. The van der Waals surface area contributed by atoms with E-state index in [0.717, 1.165) is 128 Å². The standard InChI is InChI=1S/C65H113N2O7P/c1-7-10-13-16-19-22-25-28-30-31-32-33-34-35-36-37-38-39-42-45-48-51-54-57-64(68)66-62(61-73-75(70,71)72-60-59-67(4,5)6)63(56-53-50-47-44-41-27-24-21-18-15-12-9-3)74-65(69)58-55-52-49-46-43-40-29-26-23-20-17-14-11-8-2/h10-11,13-14,19-20,22-23,28-30,32-33,35-36,40,53,56,62-63H,7-9,12,15-18,21,24-27,31,34,37-39,41-52,54-55,57-61H2,1-6H3,(H-,66,68,70,71)/p+1/b13-10-,14-11+,22-19-,23-20+,30-28-,33-32-,36-35-,40-29+,56-53-. The molecule has 75 heavy (non-hydrogen) atoms. The first kappa shape index (κ1) is 71.7. The van der Waals surface area contributed by atoms with E-state index >= 15 is 0 Å². The van der Waals surface area contributed by atoms with Crippen LogP contribution in [0.5, 0.6) is 0 Å². The molecular formula is C65H114N2O7P+. The van der Waals surface area contributed by atoms with Crippen molar-refractivity contribution in [1.29, 1.82) is 0 Å². The molecular weight excluding hydrogens is 952 g/mol. The van der Waals surface area contributed by atoms with E-state index in [1.807, 2.05) is 33.3 Å². The van der Waals surface area contributed by atoms with Crippen LogP contribution in [0.1, 0.15) is 239 Å². The number of carbonyl (C=O) groups is 2. The Morgan fingerprint density at radius 2 is 0.853 bits per heavy atom. The highest BCUT2D eigenvalue weighted by molar-refractivity contribution is 7.47. The number of allylic oxidation sites excluding steroid dienone is 17. The molecule has 0 aliphatic heterocycles. The topological polar surface area (TPSA) is 111 Å². The van der Waals surface area contributed by atoms with Gasteiger partial charge in [-0.25, -0.2) is 4.57 Å². The predicted molar refractivity (Wildman–Crippen MR) is 323 cm³/mol. The fourth-order valence-electron chi connectivity index (χ4n) is 8.10. The maximum atomic E-state index is 13.5. The fourth-order valence-corrected chi connectivity index (χ4v) is 8.83. The summed E-state index contributed by atoms with van der Waals surface area (Å²) in [5, 5.41) is 3.04. The minimum Gasteiger partial charge on any atom is -0.456 e. The van der Waals surface area contributed by atoms with Gasteiger partial charge in [-0.05, 0) is 109 Å². The zero-order valence-corrected chi connectivity index (χ0v) is 49.9. The van der Waals surface area contributed by atoms with Crippen molar-refractivity contribution in [1.82, 2.24) is 5.32 Å². The zero-order chi connectivity index (χ0) is 55.0. The second-order valence-electron chi connectivity index (χ2n) is 21.1. The summed E-state index contributed by atoms with van der Waals surface area (Å²) in [6, 6.07) is -0.870. The molecule has 2 N–H and O–H groups in total. The summed E-state index contributed by atoms with van der Waals surface area (Å²) in [4.78, 5) is 37.7. The van der Waals surface area contributed by atoms with Gasteiger partial charge >= 0.3 is 13.8 Å². The summed E-state index contributed by atoms with van der Waals surface area (Å²) >= 11 is 0. The average molecular weight is 1070 g/mol. The van der Waals surface area contributed by atoms with Crippen molar-refractivity contribution >= 4 is 19.7 Å². The number of carbonyl (C=O) groups excluding carboxylic acids is 2. The highest BCUT2D eigenvalue weighted by Gasteiger charge is 2.30. The second-order valence-corrected chi connectivity index (χ2v) is 22.6. The first-order valence-corrected chi connectivity index (χ1v) is 31.7. The summed E-state index contributed by atoms with van der Waals surface area (Å²) < 4.78 is 30.6. The van der Waals surface area contributed by atoms with Gasteiger partial charge in [0.25, 0.3) is 0 Å². The molecule has 0 aromatic rings. The molecule has 0 rings (SSSR count). The van der Waals surface area contributed by atoms with E-state index in [1.165, 1.54) is 70.6 Å². The molecule has 0 aromatic heterocycles. The molecule has 0 bridgehead atoms. The van der Waals surface area contributed by atoms with Gasteiger partial charge in [0.05, 0.1) is 33.8 Å². The van der Waals surface area contributed by atoms with Crippen molar-refractivity contribution in [2.24, 2.45) is 0 Å². The Hall–Kier alpha value is -3.33. The van der Waals surface area contributed by atoms with E-state index in [0.29, 0.717) is 23.9 Å². The summed E-state index contributed by atoms with van der Waals surface area (Å²) in [7, 11) is 1.46. The number of quaternary nitrogens is 1. The number of unbranched alkanes of at least 4 members (excludes halogenated alkanes) is 21. The molecule has 0 aliphatic carbocycles. The lowest BCUT2D eigenvalue weighted by Gasteiger charge is -2.27. The third kappa shape index (κ3) is 55.2. The molecule has 0 radical (unpaired) electrons. The molecule has 0 heterocycles. The summed E-state index contributed by atoms with van der Waals surface area (Å²) in [5.41, 5.74) is 0. The van der Waals surface area contributed by atoms with Gasteiger partial charge in [-0.2, -0.15) is 0 Å². The maximum Gasteiger partial charge on any atom is 0.472 e. The number of rotatable bonds is 53. The van der Waals surface area contributed by atoms with Crippen LogP contribution < -0.4 is 5.32 Å². The van der Waals surface area contributed by atoms with E-state index < -0.39 is 20.0 Å². The van der Waals surface area contributed by atoms with Crippen LogP contribution >= 0.6 is 7.82 Å². The lowest BCUT2D eigenvalue weighted by atomic mass is 10.0. The van der Waals surface area contributed by atoms with Crippen molar-refractivity contribution in [3.8, 4) is 0 Å². The van der Waals surface area contributed by atoms with E-state index in [4.69, 9.17) is 13.8 Å². The van der Waals surface area contributed by atoms with Crippen LogP contribution in [-0.2, 0) is 27.9 Å². The maximum absolute atomic E-state index is 13.5. The molecule has 1 amide bonds. The Balaban J connectivity index is 5.28. The second kappa shape index (κ2) is 54.0. The molecule has 0 fully saturated rings. The Kier molecular flexibility index (Phi) is 51.6. The Morgan fingerprint density at radius 1 is 0.480 bits per heavy atom. The van der Waals surface area contributed by atoms with Gasteiger partial charge in [-0.15, -0.1) is 0 Å². The van der Waals surface area contributed by atoms with Crippen LogP contribution in [0.3, 0.4) is 0 Å². The number of ether oxygens (including phenoxy) is 1. The van der Waals surface area contributed by atoms with Crippen LogP contribution in [0, 0.1) is 0 Å². The SMILES string of the molecule is CC/C=C\C/C=C\C/C=C\C/C=C\C/C=C\CCCCCCCCCC(=O)NC(COP(=O)(O)OCC[N+](C)(C)C)C(/C=C\CCCCCCCCCCCC)OC(=O)CCCCCC/C=C/C/C=C/C/C=C/CC. The van der Waals surface area contributed by atoms with Crippen molar-refractivity contribution < 1.29 is 37.3 Å². The molecule has 10 heteroatoms. The first-order valence-electron chi connectivity index (χ1n) is 30.2. The molecule has 0 saturated carbocycles. The smallest absolute Gasteiger partial charge is 0.456 e. The Bertz CT molecular complexity index is 1650. The molecule has 3 unspecified atom stereocenters. The number of phosphoric acid groups is 1. The minimum absolute atomic E-state index is 0.0284. The van der Waals surface area contributed by atoms with Crippen molar-refractivity contribution in [3.05, 3.63) is 109 Å². The third-order valence-corrected chi connectivity index (χ3v) is 13.7. The lowest BCUT2D eigenvalue weighted by Crippen LogP contribution is -2.47. The van der Waals surface area contributed by atoms with Crippen molar-refractivity contribution in [2.75, 3.05) is 40.9 Å². The van der Waals surface area contributed by atoms with Crippen molar-refractivity contribution in [2.45, 2.75) is 251 Å². The number of hydrogen-bond acceptors (Lipinski definition) is 6. The zero-order valence-electron chi connectivity index (χ0n) is 49.0. The summed E-state index contributed by atoms with van der Waals surface area (Å²) in [6.07, 6.45) is 73.7. The van der Waals surface area contributed by atoms with Crippen molar-refractivity contribution in [3.63, 3.8) is 0 Å². The Labute approximate surface area is 461 Å². The average Bonchev–Trinajstić information content (AvgIpc) is 3.37. The number of phosphoric ester groups is 1. The van der Waals surface area contributed by atoms with Gasteiger partial charge in [0.15, 0.2) is 0 Å². The Morgan fingerprint density at radius 3 is 1.28 bits per heavy atom. The number of amides is 1. The monoisotopic (exact) mass is 1070 g/mol. The molecule has 0 saturated heterocycles. The van der Waals surface area contributed by atoms with Crippen LogP contribution in [0.4, 0.5) is 0 Å². The van der Waals surface area contributed by atoms with Gasteiger partial charge < -0.3 is 19.4 Å². The highest BCUT2D eigenvalue weighted by Crippen LogP contribution is 2.43. The van der Waals surface area contributed by atoms with E-state index in [2.05, 4.69) is 123 Å². The van der Waals surface area contributed by atoms with Crippen LogP contribution in [-0.4, -0.2) is 74.3 Å². The van der Waals surface area contributed by atoms with Crippen LogP contribution in [0.25, 0.3) is 0 Å². The molecule has 430 valence electrons. The number of esters is 1. The van der Waals surface area contributed by atoms with Crippen LogP contribution in [0.2, 0.25) is 0 Å². The van der Waals surface area contributed by atoms with Gasteiger partial charge in [-0.3, -0.25) is 18.6 Å². The molecule has 0 aliphatic rings. The molecule has 9 nitrogen and oxygen atoms in total. The van der Waals surface area contributed by atoms with Crippen LogP contribution in [0.15, 0.2) is 109 Å². The largest absolute Gasteiger partial charge is 0.472 e. The predicted octanol–water partition coefficient (Wildman–Crippen LogP) is 18.6. The van der Waals surface area contributed by atoms with E-state index in [1.54, 1.807) is 0 Å².